The molecule has 0 radical (unpaired) electrons. The Labute approximate surface area is 147 Å². The molecule has 1 fully saturated rings. The summed E-state index contributed by atoms with van der Waals surface area (Å²) < 4.78 is 0. The van der Waals surface area contributed by atoms with E-state index < -0.39 is 12.0 Å². The third kappa shape index (κ3) is 4.66. The molecule has 5 nitrogen and oxygen atoms in total. The smallest absolute Gasteiger partial charge is 0.253 e. The Morgan fingerprint density at radius 3 is 2.44 bits per heavy atom. The lowest BCUT2D eigenvalue weighted by Gasteiger charge is -2.25. The van der Waals surface area contributed by atoms with E-state index in [1.807, 2.05) is 24.3 Å². The lowest BCUT2D eigenvalue weighted by Crippen LogP contribution is -2.41. The van der Waals surface area contributed by atoms with Gasteiger partial charge in [0, 0.05) is 25.7 Å². The highest BCUT2D eigenvalue weighted by Crippen LogP contribution is 2.20. The summed E-state index contributed by atoms with van der Waals surface area (Å²) in [5.74, 6) is -0.410. The number of hydrogen-bond acceptors (Lipinski definition) is 4. The van der Waals surface area contributed by atoms with Crippen LogP contribution in [0, 0.1) is 0 Å². The van der Waals surface area contributed by atoms with Crippen molar-refractivity contribution >= 4 is 5.91 Å². The normalized spacial score (nSPS) is 21.8. The molecule has 1 aliphatic rings. The third-order valence-electron chi connectivity index (χ3n) is 4.61. The molecule has 0 aromatic heterocycles. The van der Waals surface area contributed by atoms with Crippen molar-refractivity contribution < 1.29 is 15.0 Å². The van der Waals surface area contributed by atoms with Gasteiger partial charge in [0.05, 0.1) is 6.10 Å². The van der Waals surface area contributed by atoms with E-state index in [1.165, 1.54) is 5.56 Å². The third-order valence-corrected chi connectivity index (χ3v) is 4.61. The van der Waals surface area contributed by atoms with E-state index in [2.05, 4.69) is 22.3 Å². The van der Waals surface area contributed by atoms with Crippen LogP contribution in [0.4, 0.5) is 0 Å². The molecule has 2 aromatic rings. The van der Waals surface area contributed by atoms with Crippen molar-refractivity contribution in [3.63, 3.8) is 0 Å². The molecule has 1 heterocycles. The molecule has 1 saturated heterocycles. The number of amides is 1. The number of nitrogens with zero attached hydrogens (tertiary/aromatic N) is 1. The van der Waals surface area contributed by atoms with Crippen LogP contribution < -0.4 is 5.32 Å². The van der Waals surface area contributed by atoms with Crippen molar-refractivity contribution in [1.82, 2.24) is 10.2 Å². The monoisotopic (exact) mass is 340 g/mol. The van der Waals surface area contributed by atoms with Gasteiger partial charge in [-0.3, -0.25) is 9.69 Å². The minimum Gasteiger partial charge on any atom is -0.392 e. The number of benzene rings is 2. The summed E-state index contributed by atoms with van der Waals surface area (Å²) in [6.45, 7) is 1.74. The zero-order chi connectivity index (χ0) is 17.6. The molecule has 0 bridgehead atoms. The van der Waals surface area contributed by atoms with Crippen LogP contribution in [0.1, 0.15) is 23.7 Å². The van der Waals surface area contributed by atoms with Gasteiger partial charge in [-0.25, -0.2) is 0 Å². The van der Waals surface area contributed by atoms with Crippen LogP contribution >= 0.6 is 0 Å². The Morgan fingerprint density at radius 1 is 1.12 bits per heavy atom. The minimum atomic E-state index is -1.17. The maximum absolute atomic E-state index is 12.2. The summed E-state index contributed by atoms with van der Waals surface area (Å²) in [6, 6.07) is 19.0. The van der Waals surface area contributed by atoms with Gasteiger partial charge in [0.2, 0.25) is 0 Å². The maximum Gasteiger partial charge on any atom is 0.253 e. The molecule has 5 heteroatoms. The molecule has 3 N–H and O–H groups in total. The maximum atomic E-state index is 12.2. The number of aliphatic hydroxyl groups is 2. The minimum absolute atomic E-state index is 0.0575. The predicted molar refractivity (Wildman–Crippen MR) is 95.7 cm³/mol. The first-order chi connectivity index (χ1) is 12.1. The first-order valence-corrected chi connectivity index (χ1v) is 8.60. The molecule has 3 atom stereocenters. The van der Waals surface area contributed by atoms with Crippen LogP contribution in [0.2, 0.25) is 0 Å². The Morgan fingerprint density at radius 2 is 1.76 bits per heavy atom. The second-order valence-electron chi connectivity index (χ2n) is 6.52. The van der Waals surface area contributed by atoms with E-state index in [9.17, 15) is 15.0 Å². The molecule has 0 unspecified atom stereocenters. The molecule has 132 valence electrons. The van der Waals surface area contributed by atoms with Crippen LogP contribution in [0.15, 0.2) is 60.7 Å². The lowest BCUT2D eigenvalue weighted by molar-refractivity contribution is -0.129. The molecule has 2 aromatic carbocycles. The first-order valence-electron chi connectivity index (χ1n) is 8.60. The summed E-state index contributed by atoms with van der Waals surface area (Å²) in [7, 11) is 0. The van der Waals surface area contributed by atoms with Gasteiger partial charge in [-0.2, -0.15) is 0 Å². The van der Waals surface area contributed by atoms with Gasteiger partial charge in [-0.1, -0.05) is 60.7 Å². The Balaban J connectivity index is 1.56. The number of likely N-dealkylation sites (tertiary alicyclic amines) is 1. The van der Waals surface area contributed by atoms with Gasteiger partial charge in [-0.15, -0.1) is 0 Å². The van der Waals surface area contributed by atoms with Gasteiger partial charge in [0.1, 0.15) is 0 Å². The zero-order valence-corrected chi connectivity index (χ0v) is 14.1. The van der Waals surface area contributed by atoms with Crippen LogP contribution in [0.3, 0.4) is 0 Å². The summed E-state index contributed by atoms with van der Waals surface area (Å²) in [6.07, 6.45) is -0.936. The fraction of sp³-hybridized carbons (Fsp3) is 0.350. The van der Waals surface area contributed by atoms with Gasteiger partial charge >= 0.3 is 0 Å². The highest BCUT2D eigenvalue weighted by atomic mass is 16.3. The molecule has 0 saturated carbocycles. The number of carbonyl (C=O) groups is 1. The number of nitrogens with one attached hydrogen (secondary N) is 1. The van der Waals surface area contributed by atoms with E-state index >= 15 is 0 Å². The molecule has 0 spiro atoms. The number of hydrogen-bond donors (Lipinski definition) is 3. The standard InChI is InChI=1S/C20H24N2O3/c23-18-11-17(22(14-18)13-15-7-3-1-4-8-15)12-21-20(25)19(24)16-9-5-2-6-10-16/h1-10,17-19,23-24H,11-14H2,(H,21,25)/t17-,18+,19-/m0/s1. The van der Waals surface area contributed by atoms with E-state index in [0.717, 1.165) is 6.54 Å². The van der Waals surface area contributed by atoms with Gasteiger partial charge in [-0.05, 0) is 17.5 Å². The van der Waals surface area contributed by atoms with Crippen molar-refractivity contribution in [3.8, 4) is 0 Å². The SMILES string of the molecule is O=C(NC[C@@H]1C[C@@H](O)CN1Cc1ccccc1)[C@@H](O)c1ccccc1. The van der Waals surface area contributed by atoms with Crippen molar-refractivity contribution in [1.29, 1.82) is 0 Å². The van der Waals surface area contributed by atoms with Crippen LogP contribution in [-0.2, 0) is 11.3 Å². The average molecular weight is 340 g/mol. The fourth-order valence-electron chi connectivity index (χ4n) is 3.28. The van der Waals surface area contributed by atoms with Crippen LogP contribution in [0.25, 0.3) is 0 Å². The van der Waals surface area contributed by atoms with Crippen molar-refractivity contribution in [2.24, 2.45) is 0 Å². The topological polar surface area (TPSA) is 72.8 Å². The number of carbonyl (C=O) groups excluding carboxylic acids is 1. The lowest BCUT2D eigenvalue weighted by atomic mass is 10.1. The molecule has 3 rings (SSSR count). The van der Waals surface area contributed by atoms with E-state index in [0.29, 0.717) is 25.1 Å². The summed E-state index contributed by atoms with van der Waals surface area (Å²) in [4.78, 5) is 14.4. The van der Waals surface area contributed by atoms with Crippen LogP contribution in [0.5, 0.6) is 0 Å². The summed E-state index contributed by atoms with van der Waals surface area (Å²) in [5.41, 5.74) is 1.75. The predicted octanol–water partition coefficient (Wildman–Crippen LogP) is 1.47. The molecular formula is C20H24N2O3. The van der Waals surface area contributed by atoms with Crippen LogP contribution in [-0.4, -0.2) is 46.3 Å². The zero-order valence-electron chi connectivity index (χ0n) is 14.1. The second-order valence-corrected chi connectivity index (χ2v) is 6.52. The Hall–Kier alpha value is -2.21. The fourth-order valence-corrected chi connectivity index (χ4v) is 3.28. The van der Waals surface area contributed by atoms with Crippen molar-refractivity contribution in [2.45, 2.75) is 31.2 Å². The number of β-amino-alcohol motifs (C(OH)–C–C–N with tert-alkyl or cyclic N) is 1. The number of rotatable bonds is 6. The highest BCUT2D eigenvalue weighted by Gasteiger charge is 2.31. The van der Waals surface area contributed by atoms with Crippen molar-refractivity contribution in [3.05, 3.63) is 71.8 Å². The largest absolute Gasteiger partial charge is 0.392 e. The van der Waals surface area contributed by atoms with E-state index in [1.54, 1.807) is 24.3 Å². The van der Waals surface area contributed by atoms with E-state index in [4.69, 9.17) is 0 Å². The van der Waals surface area contributed by atoms with Gasteiger partial charge < -0.3 is 15.5 Å². The molecular weight excluding hydrogens is 316 g/mol. The van der Waals surface area contributed by atoms with Crippen molar-refractivity contribution in [2.75, 3.05) is 13.1 Å². The molecule has 1 aliphatic heterocycles. The highest BCUT2D eigenvalue weighted by molar-refractivity contribution is 5.81. The van der Waals surface area contributed by atoms with Gasteiger partial charge in [0.25, 0.3) is 5.91 Å². The Kier molecular flexibility index (Phi) is 5.81. The molecule has 1 amide bonds. The molecule has 25 heavy (non-hydrogen) atoms. The number of aliphatic hydroxyl groups excluding tert-OH is 2. The summed E-state index contributed by atoms with van der Waals surface area (Å²) >= 11 is 0. The van der Waals surface area contributed by atoms with E-state index in [-0.39, 0.29) is 12.1 Å². The average Bonchev–Trinajstić information content (AvgIpc) is 3.00. The summed E-state index contributed by atoms with van der Waals surface area (Å²) in [5, 5.41) is 23.0. The first kappa shape index (κ1) is 17.6. The second kappa shape index (κ2) is 8.25. The molecule has 0 aliphatic carbocycles. The Bertz CT molecular complexity index is 678. The van der Waals surface area contributed by atoms with Gasteiger partial charge in [0.15, 0.2) is 6.10 Å². The quantitative estimate of drug-likeness (QED) is 0.745.